The van der Waals surface area contributed by atoms with Gasteiger partial charge < -0.3 is 4.42 Å². The molecule has 146 valence electrons. The van der Waals surface area contributed by atoms with E-state index in [0.29, 0.717) is 43.6 Å². The highest BCUT2D eigenvalue weighted by molar-refractivity contribution is 6.42. The third-order valence-corrected chi connectivity index (χ3v) is 5.12. The Balaban J connectivity index is 1.50. The Bertz CT molecular complexity index is 1260. The van der Waals surface area contributed by atoms with E-state index >= 15 is 0 Å². The third-order valence-electron chi connectivity index (χ3n) is 4.16. The van der Waals surface area contributed by atoms with Gasteiger partial charge in [0.05, 0.1) is 27.0 Å². The number of furan rings is 1. The normalized spacial score (nSPS) is 11.4. The molecule has 0 aliphatic rings. The smallest absolute Gasteiger partial charge is 0.290 e. The number of nitrogens with one attached hydrogen (secondary N) is 1. The molecule has 0 atom stereocenters. The van der Waals surface area contributed by atoms with Crippen LogP contribution in [0.15, 0.2) is 58.2 Å². The number of hydrazone groups is 1. The lowest BCUT2D eigenvalue weighted by Crippen LogP contribution is -2.20. The summed E-state index contributed by atoms with van der Waals surface area (Å²) >= 11 is 18.0. The highest BCUT2D eigenvalue weighted by Crippen LogP contribution is 2.29. The molecular formula is C20H13Cl3N4O2. The number of benzene rings is 1. The minimum Gasteiger partial charge on any atom is -0.455 e. The van der Waals surface area contributed by atoms with E-state index in [9.17, 15) is 4.79 Å². The molecule has 1 N–H and O–H groups in total. The molecule has 4 aromatic rings. The summed E-state index contributed by atoms with van der Waals surface area (Å²) in [4.78, 5) is 16.9. The van der Waals surface area contributed by atoms with E-state index in [-0.39, 0.29) is 0 Å². The van der Waals surface area contributed by atoms with Gasteiger partial charge in [0.2, 0.25) is 0 Å². The first-order valence-corrected chi connectivity index (χ1v) is 9.58. The second-order valence-corrected chi connectivity index (χ2v) is 7.40. The van der Waals surface area contributed by atoms with Gasteiger partial charge in [-0.15, -0.1) is 0 Å². The van der Waals surface area contributed by atoms with E-state index < -0.39 is 5.91 Å². The number of carbonyl (C=O) groups is 1. The van der Waals surface area contributed by atoms with Gasteiger partial charge >= 0.3 is 0 Å². The molecule has 0 aliphatic heterocycles. The van der Waals surface area contributed by atoms with Crippen molar-refractivity contribution in [3.8, 4) is 11.3 Å². The lowest BCUT2D eigenvalue weighted by molar-refractivity contribution is 0.0948. The Kier molecular flexibility index (Phi) is 5.32. The van der Waals surface area contributed by atoms with Gasteiger partial charge in [-0.2, -0.15) is 5.10 Å². The first kappa shape index (κ1) is 19.5. The number of carbonyl (C=O) groups excluding carboxylic acids is 1. The van der Waals surface area contributed by atoms with Crippen LogP contribution in [0.2, 0.25) is 15.1 Å². The maximum Gasteiger partial charge on any atom is 0.290 e. The van der Waals surface area contributed by atoms with Crippen LogP contribution in [0.1, 0.15) is 21.9 Å². The minimum atomic E-state index is -0.412. The number of rotatable bonds is 4. The molecule has 6 nitrogen and oxygen atoms in total. The van der Waals surface area contributed by atoms with Crippen molar-refractivity contribution in [3.63, 3.8) is 0 Å². The molecule has 0 aliphatic carbocycles. The second-order valence-electron chi connectivity index (χ2n) is 6.15. The summed E-state index contributed by atoms with van der Waals surface area (Å²) in [5.41, 5.74) is 4.81. The van der Waals surface area contributed by atoms with E-state index in [4.69, 9.17) is 39.2 Å². The molecule has 1 aromatic carbocycles. The molecule has 1 amide bonds. The standard InChI is InChI=1S/C20H13Cl3N4O2/c1-11-19(27-10-13(21)3-7-18(27)25-11)20(28)26-24-9-14-4-6-17(29-14)12-2-5-15(22)16(23)8-12/h2-10H,1H3,(H,26,28)/b24-9+. The largest absolute Gasteiger partial charge is 0.455 e. The average molecular weight is 448 g/mol. The number of hydrogen-bond acceptors (Lipinski definition) is 4. The second kappa shape index (κ2) is 7.91. The van der Waals surface area contributed by atoms with E-state index in [1.165, 1.54) is 6.21 Å². The van der Waals surface area contributed by atoms with E-state index in [2.05, 4.69) is 15.5 Å². The zero-order valence-electron chi connectivity index (χ0n) is 15.0. The SMILES string of the molecule is Cc1nc2ccc(Cl)cn2c1C(=O)N/N=C/c1ccc(-c2ccc(Cl)c(Cl)c2)o1. The fraction of sp³-hybridized carbons (Fsp3) is 0.0500. The number of nitrogens with zero attached hydrogens (tertiary/aromatic N) is 3. The van der Waals surface area contributed by atoms with Crippen LogP contribution in [-0.2, 0) is 0 Å². The van der Waals surface area contributed by atoms with Crippen molar-refractivity contribution in [3.05, 3.63) is 80.9 Å². The van der Waals surface area contributed by atoms with Crippen molar-refractivity contribution in [2.75, 3.05) is 0 Å². The lowest BCUT2D eigenvalue weighted by atomic mass is 10.2. The molecule has 0 unspecified atom stereocenters. The topological polar surface area (TPSA) is 71.9 Å². The Labute approximate surface area is 180 Å². The summed E-state index contributed by atoms with van der Waals surface area (Å²) in [5, 5.41) is 5.37. The molecule has 0 bridgehead atoms. The van der Waals surface area contributed by atoms with Crippen molar-refractivity contribution < 1.29 is 9.21 Å². The van der Waals surface area contributed by atoms with Gasteiger partial charge in [0.15, 0.2) is 0 Å². The molecule has 4 rings (SSSR count). The monoisotopic (exact) mass is 446 g/mol. The molecule has 29 heavy (non-hydrogen) atoms. The molecular weight excluding hydrogens is 435 g/mol. The zero-order valence-corrected chi connectivity index (χ0v) is 17.3. The van der Waals surface area contributed by atoms with Gasteiger partial charge in [0, 0.05) is 11.8 Å². The fourth-order valence-electron chi connectivity index (χ4n) is 2.84. The Morgan fingerprint density at radius 1 is 1.14 bits per heavy atom. The van der Waals surface area contributed by atoms with Crippen LogP contribution in [0, 0.1) is 6.92 Å². The van der Waals surface area contributed by atoms with Crippen LogP contribution in [0.4, 0.5) is 0 Å². The number of imidazole rings is 1. The van der Waals surface area contributed by atoms with E-state index in [0.717, 1.165) is 5.56 Å². The number of aromatic nitrogens is 2. The van der Waals surface area contributed by atoms with Crippen LogP contribution in [0.5, 0.6) is 0 Å². The number of fused-ring (bicyclic) bond motifs is 1. The first-order chi connectivity index (χ1) is 13.9. The van der Waals surface area contributed by atoms with Gasteiger partial charge in [-0.3, -0.25) is 9.20 Å². The van der Waals surface area contributed by atoms with Gasteiger partial charge in [-0.05, 0) is 49.4 Å². The Morgan fingerprint density at radius 3 is 2.76 bits per heavy atom. The van der Waals surface area contributed by atoms with Crippen molar-refractivity contribution in [2.45, 2.75) is 6.92 Å². The molecule has 0 fully saturated rings. The minimum absolute atomic E-state index is 0.357. The van der Waals surface area contributed by atoms with Crippen molar-refractivity contribution in [1.82, 2.24) is 14.8 Å². The molecule has 0 saturated heterocycles. The van der Waals surface area contributed by atoms with Crippen LogP contribution in [0.25, 0.3) is 17.0 Å². The summed E-state index contributed by atoms with van der Waals surface area (Å²) in [7, 11) is 0. The lowest BCUT2D eigenvalue weighted by Gasteiger charge is -2.02. The summed E-state index contributed by atoms with van der Waals surface area (Å²) < 4.78 is 7.33. The quantitative estimate of drug-likeness (QED) is 0.326. The van der Waals surface area contributed by atoms with Crippen molar-refractivity contribution in [1.29, 1.82) is 0 Å². The van der Waals surface area contributed by atoms with Gasteiger partial charge in [0.25, 0.3) is 5.91 Å². The van der Waals surface area contributed by atoms with Crippen LogP contribution in [0.3, 0.4) is 0 Å². The summed E-state index contributed by atoms with van der Waals surface area (Å²) in [6.07, 6.45) is 3.04. The van der Waals surface area contributed by atoms with Crippen LogP contribution in [-0.4, -0.2) is 21.5 Å². The highest BCUT2D eigenvalue weighted by Gasteiger charge is 2.16. The van der Waals surface area contributed by atoms with E-state index in [1.807, 2.05) is 0 Å². The third kappa shape index (κ3) is 4.00. The van der Waals surface area contributed by atoms with E-state index in [1.54, 1.807) is 60.0 Å². The number of pyridine rings is 1. The first-order valence-electron chi connectivity index (χ1n) is 8.45. The maximum atomic E-state index is 12.6. The molecule has 0 saturated carbocycles. The van der Waals surface area contributed by atoms with Crippen molar-refractivity contribution >= 4 is 52.6 Å². The highest BCUT2D eigenvalue weighted by atomic mass is 35.5. The molecule has 3 heterocycles. The molecule has 0 radical (unpaired) electrons. The molecule has 9 heteroatoms. The average Bonchev–Trinajstić information content (AvgIpc) is 3.27. The maximum absolute atomic E-state index is 12.6. The van der Waals surface area contributed by atoms with Gasteiger partial charge in [0.1, 0.15) is 22.9 Å². The fourth-order valence-corrected chi connectivity index (χ4v) is 3.30. The van der Waals surface area contributed by atoms with Crippen molar-refractivity contribution in [2.24, 2.45) is 5.10 Å². The molecule has 3 aromatic heterocycles. The van der Waals surface area contributed by atoms with Crippen LogP contribution < -0.4 is 5.43 Å². The number of amides is 1. The number of halogens is 3. The Hall–Kier alpha value is -2.80. The predicted molar refractivity (Wildman–Crippen MR) is 114 cm³/mol. The summed E-state index contributed by atoms with van der Waals surface area (Å²) in [5.74, 6) is 0.651. The van der Waals surface area contributed by atoms with Gasteiger partial charge in [-0.25, -0.2) is 10.4 Å². The number of hydrogen-bond donors (Lipinski definition) is 1. The van der Waals surface area contributed by atoms with Gasteiger partial charge in [-0.1, -0.05) is 34.8 Å². The Morgan fingerprint density at radius 2 is 1.97 bits per heavy atom. The summed E-state index contributed by atoms with van der Waals surface area (Å²) in [6.45, 7) is 1.75. The predicted octanol–water partition coefficient (Wildman–Crippen LogP) is 5.63. The zero-order chi connectivity index (χ0) is 20.5. The molecule has 0 spiro atoms. The number of aryl methyl sites for hydroxylation is 1. The summed E-state index contributed by atoms with van der Waals surface area (Å²) in [6, 6.07) is 12.2. The van der Waals surface area contributed by atoms with Crippen LogP contribution >= 0.6 is 34.8 Å².